The zero-order valence-electron chi connectivity index (χ0n) is 11.8. The van der Waals surface area contributed by atoms with Crippen LogP contribution in [0.3, 0.4) is 0 Å². The Morgan fingerprint density at radius 1 is 1.30 bits per heavy atom. The van der Waals surface area contributed by atoms with Crippen LogP contribution < -0.4 is 10.6 Å². The van der Waals surface area contributed by atoms with Gasteiger partial charge in [-0.15, -0.1) is 0 Å². The number of rotatable bonds is 5. The summed E-state index contributed by atoms with van der Waals surface area (Å²) in [6.07, 6.45) is 0.443. The summed E-state index contributed by atoms with van der Waals surface area (Å²) in [4.78, 5) is 22.3. The number of amides is 2. The van der Waals surface area contributed by atoms with Gasteiger partial charge in [0.15, 0.2) is 0 Å². The summed E-state index contributed by atoms with van der Waals surface area (Å²) in [5, 5.41) is 14.1. The van der Waals surface area contributed by atoms with Crippen molar-refractivity contribution in [2.24, 2.45) is 0 Å². The first-order chi connectivity index (χ1) is 9.29. The molecule has 0 aliphatic heterocycles. The topological polar surface area (TPSA) is 78.4 Å². The molecule has 1 unspecified atom stereocenters. The minimum absolute atomic E-state index is 0.0395. The third-order valence-corrected chi connectivity index (χ3v) is 3.36. The summed E-state index contributed by atoms with van der Waals surface area (Å²) >= 11 is 3.40. The molecule has 2 amide bonds. The van der Waals surface area contributed by atoms with Crippen LogP contribution in [0.5, 0.6) is 0 Å². The van der Waals surface area contributed by atoms with Gasteiger partial charge in [-0.05, 0) is 50.5 Å². The number of hydrogen-bond donors (Lipinski definition) is 3. The van der Waals surface area contributed by atoms with E-state index in [9.17, 15) is 9.59 Å². The highest BCUT2D eigenvalue weighted by atomic mass is 79.9. The van der Waals surface area contributed by atoms with Crippen LogP contribution in [0.25, 0.3) is 0 Å². The van der Waals surface area contributed by atoms with Crippen LogP contribution >= 0.6 is 15.9 Å². The van der Waals surface area contributed by atoms with Crippen molar-refractivity contribution in [3.63, 3.8) is 0 Å². The molecular formula is C14H19BrN2O3. The number of hydrogen-bond acceptors (Lipinski definition) is 2. The molecule has 0 spiro atoms. The Labute approximate surface area is 126 Å². The van der Waals surface area contributed by atoms with Gasteiger partial charge in [-0.25, -0.2) is 4.79 Å². The lowest BCUT2D eigenvalue weighted by molar-refractivity contribution is -0.137. The highest BCUT2D eigenvalue weighted by Crippen LogP contribution is 2.24. The van der Waals surface area contributed by atoms with Crippen LogP contribution in [0, 0.1) is 13.8 Å². The van der Waals surface area contributed by atoms with Crippen LogP contribution in [0.1, 0.15) is 30.9 Å². The fraction of sp³-hybridized carbons (Fsp3) is 0.429. The molecule has 0 aliphatic carbocycles. The second kappa shape index (κ2) is 7.28. The zero-order chi connectivity index (χ0) is 15.3. The number of benzene rings is 1. The molecule has 110 valence electrons. The molecule has 0 heterocycles. The van der Waals surface area contributed by atoms with Gasteiger partial charge in [0.05, 0.1) is 0 Å². The van der Waals surface area contributed by atoms with Crippen molar-refractivity contribution in [1.29, 1.82) is 0 Å². The lowest BCUT2D eigenvalue weighted by Crippen LogP contribution is -2.36. The molecule has 0 bridgehead atoms. The van der Waals surface area contributed by atoms with Gasteiger partial charge in [-0.3, -0.25) is 4.79 Å². The summed E-state index contributed by atoms with van der Waals surface area (Å²) in [7, 11) is 0. The second-order valence-electron chi connectivity index (χ2n) is 4.85. The maximum Gasteiger partial charge on any atom is 0.319 e. The molecule has 20 heavy (non-hydrogen) atoms. The largest absolute Gasteiger partial charge is 0.481 e. The van der Waals surface area contributed by atoms with Gasteiger partial charge < -0.3 is 15.7 Å². The predicted molar refractivity (Wildman–Crippen MR) is 82.1 cm³/mol. The minimum Gasteiger partial charge on any atom is -0.481 e. The number of carboxylic acids is 1. The molecule has 0 aromatic heterocycles. The first-order valence-corrected chi connectivity index (χ1v) is 7.15. The van der Waals surface area contributed by atoms with Crippen LogP contribution in [-0.4, -0.2) is 23.1 Å². The summed E-state index contributed by atoms with van der Waals surface area (Å²) in [5.74, 6) is -0.862. The molecule has 5 nitrogen and oxygen atoms in total. The van der Waals surface area contributed by atoms with Crippen molar-refractivity contribution < 1.29 is 14.7 Å². The van der Waals surface area contributed by atoms with E-state index in [1.807, 2.05) is 26.0 Å². The van der Waals surface area contributed by atoms with E-state index < -0.39 is 5.97 Å². The Hall–Kier alpha value is -1.56. The minimum atomic E-state index is -0.862. The number of carbonyl (C=O) groups is 2. The molecule has 0 saturated heterocycles. The molecule has 1 atom stereocenters. The molecule has 0 aliphatic rings. The maximum absolute atomic E-state index is 11.9. The number of carboxylic acid groups (broad SMARTS) is 1. The van der Waals surface area contributed by atoms with Crippen molar-refractivity contribution in [2.45, 2.75) is 39.7 Å². The van der Waals surface area contributed by atoms with E-state index in [4.69, 9.17) is 5.11 Å². The standard InChI is InChI=1S/C14H19BrN2O3/c1-8-6-11(15)7-9(2)13(8)17-14(20)16-10(3)4-5-12(18)19/h6-7,10H,4-5H2,1-3H3,(H,18,19)(H2,16,17,20). The van der Waals surface area contributed by atoms with Gasteiger partial charge >= 0.3 is 12.0 Å². The van der Waals surface area contributed by atoms with Crippen molar-refractivity contribution in [3.8, 4) is 0 Å². The Bertz CT molecular complexity index is 494. The van der Waals surface area contributed by atoms with E-state index >= 15 is 0 Å². The number of nitrogens with one attached hydrogen (secondary N) is 2. The van der Waals surface area contributed by atoms with Crippen LogP contribution in [-0.2, 0) is 4.79 Å². The Balaban J connectivity index is 2.61. The number of halogens is 1. The average Bonchev–Trinajstić information content (AvgIpc) is 2.31. The summed E-state index contributed by atoms with van der Waals surface area (Å²) in [6.45, 7) is 5.62. The van der Waals surface area contributed by atoms with Gasteiger partial charge in [0, 0.05) is 22.6 Å². The molecular weight excluding hydrogens is 324 g/mol. The summed E-state index contributed by atoms with van der Waals surface area (Å²) in [6, 6.07) is 3.34. The van der Waals surface area contributed by atoms with E-state index in [-0.39, 0.29) is 18.5 Å². The number of aryl methyl sites for hydroxylation is 2. The second-order valence-corrected chi connectivity index (χ2v) is 5.76. The molecule has 1 aromatic carbocycles. The van der Waals surface area contributed by atoms with E-state index in [1.165, 1.54) is 0 Å². The Kier molecular flexibility index (Phi) is 6.01. The number of carbonyl (C=O) groups excluding carboxylic acids is 1. The highest BCUT2D eigenvalue weighted by Gasteiger charge is 2.11. The monoisotopic (exact) mass is 342 g/mol. The summed E-state index contributed by atoms with van der Waals surface area (Å²) in [5.41, 5.74) is 2.70. The van der Waals surface area contributed by atoms with Crippen LogP contribution in [0.2, 0.25) is 0 Å². The first kappa shape index (κ1) is 16.5. The number of aliphatic carboxylic acids is 1. The molecule has 0 saturated carbocycles. The molecule has 1 aromatic rings. The number of anilines is 1. The van der Waals surface area contributed by atoms with Gasteiger partial charge in [0.2, 0.25) is 0 Å². The SMILES string of the molecule is Cc1cc(Br)cc(C)c1NC(=O)NC(C)CCC(=O)O. The fourth-order valence-electron chi connectivity index (χ4n) is 1.89. The normalized spacial score (nSPS) is 11.8. The predicted octanol–water partition coefficient (Wildman–Crippen LogP) is 3.44. The van der Waals surface area contributed by atoms with E-state index in [2.05, 4.69) is 26.6 Å². The lowest BCUT2D eigenvalue weighted by Gasteiger charge is -2.16. The van der Waals surface area contributed by atoms with Gasteiger partial charge in [-0.1, -0.05) is 15.9 Å². The van der Waals surface area contributed by atoms with Crippen molar-refractivity contribution >= 4 is 33.6 Å². The van der Waals surface area contributed by atoms with Gasteiger partial charge in [0.1, 0.15) is 0 Å². The van der Waals surface area contributed by atoms with E-state index in [1.54, 1.807) is 6.92 Å². The van der Waals surface area contributed by atoms with Crippen LogP contribution in [0.15, 0.2) is 16.6 Å². The molecule has 1 rings (SSSR count). The van der Waals surface area contributed by atoms with Crippen molar-refractivity contribution in [1.82, 2.24) is 5.32 Å². The zero-order valence-corrected chi connectivity index (χ0v) is 13.4. The highest BCUT2D eigenvalue weighted by molar-refractivity contribution is 9.10. The van der Waals surface area contributed by atoms with Gasteiger partial charge in [0.25, 0.3) is 0 Å². The summed E-state index contributed by atoms with van der Waals surface area (Å²) < 4.78 is 0.966. The lowest BCUT2D eigenvalue weighted by atomic mass is 10.1. The molecule has 0 fully saturated rings. The first-order valence-electron chi connectivity index (χ1n) is 6.35. The van der Waals surface area contributed by atoms with Gasteiger partial charge in [-0.2, -0.15) is 0 Å². The van der Waals surface area contributed by atoms with E-state index in [0.717, 1.165) is 21.3 Å². The molecule has 6 heteroatoms. The number of urea groups is 1. The quantitative estimate of drug-likeness (QED) is 0.766. The average molecular weight is 343 g/mol. The molecule has 0 radical (unpaired) electrons. The maximum atomic E-state index is 11.9. The van der Waals surface area contributed by atoms with E-state index in [0.29, 0.717) is 6.42 Å². The fourth-order valence-corrected chi connectivity index (χ4v) is 2.58. The smallest absolute Gasteiger partial charge is 0.319 e. The third-order valence-electron chi connectivity index (χ3n) is 2.90. The Morgan fingerprint density at radius 3 is 2.35 bits per heavy atom. The third kappa shape index (κ3) is 5.21. The Morgan fingerprint density at radius 2 is 1.85 bits per heavy atom. The van der Waals surface area contributed by atoms with Crippen LogP contribution in [0.4, 0.5) is 10.5 Å². The van der Waals surface area contributed by atoms with Crippen molar-refractivity contribution in [2.75, 3.05) is 5.32 Å². The van der Waals surface area contributed by atoms with Crippen molar-refractivity contribution in [3.05, 3.63) is 27.7 Å². The molecule has 3 N–H and O–H groups in total.